The first-order valence-corrected chi connectivity index (χ1v) is 15.7. The summed E-state index contributed by atoms with van der Waals surface area (Å²) in [6.45, 7) is 1.89. The van der Waals surface area contributed by atoms with Crippen LogP contribution in [0.5, 0.6) is 0 Å². The van der Waals surface area contributed by atoms with Gasteiger partial charge in [-0.1, -0.05) is 71.6 Å². The standard InChI is InChI=1S/C30H24Cl3N7O2.C2HF3O2/c1-17-4-2-7-25(18-5-3-6-19(10-18)29-22(32)13-34-14-24(29)36-30(17)42)39-16-35-23(12-28(39)41)21-11-20(31)8-9-26(21)40-15-27(33)37-38-40;3-2(4,5)1(6)7/h3,5-6,8-17,25H,2,4,7H2,1H3,(H,36,42);(H,6,7)/t17-,25+;/m1./s1. The summed E-state index contributed by atoms with van der Waals surface area (Å²) in [4.78, 5) is 44.5. The van der Waals surface area contributed by atoms with Crippen molar-refractivity contribution in [1.82, 2.24) is 29.5 Å². The molecule has 6 rings (SSSR count). The Balaban J connectivity index is 0.000000606. The minimum Gasteiger partial charge on any atom is -0.475 e. The van der Waals surface area contributed by atoms with Gasteiger partial charge in [0.1, 0.15) is 0 Å². The molecule has 49 heavy (non-hydrogen) atoms. The third-order valence-electron chi connectivity index (χ3n) is 7.64. The summed E-state index contributed by atoms with van der Waals surface area (Å²) < 4.78 is 34.9. The molecule has 0 saturated carbocycles. The summed E-state index contributed by atoms with van der Waals surface area (Å²) in [5, 5.41) is 19.2. The van der Waals surface area contributed by atoms with Crippen molar-refractivity contribution in [2.75, 3.05) is 5.32 Å². The molecule has 0 aliphatic carbocycles. The van der Waals surface area contributed by atoms with Crippen LogP contribution in [0, 0.1) is 5.92 Å². The van der Waals surface area contributed by atoms with Crippen molar-refractivity contribution in [3.63, 3.8) is 0 Å². The minimum atomic E-state index is -5.08. The number of benzene rings is 2. The van der Waals surface area contributed by atoms with Gasteiger partial charge in [-0.25, -0.2) is 14.5 Å². The number of pyridine rings is 1. The topological polar surface area (TPSA) is 145 Å². The number of alkyl halides is 3. The van der Waals surface area contributed by atoms with Gasteiger partial charge >= 0.3 is 12.1 Å². The molecule has 17 heteroatoms. The summed E-state index contributed by atoms with van der Waals surface area (Å²) in [6.07, 6.45) is 3.17. The van der Waals surface area contributed by atoms with Gasteiger partial charge < -0.3 is 10.4 Å². The number of nitrogens with one attached hydrogen (secondary N) is 1. The molecule has 4 heterocycles. The SMILES string of the molecule is C[C@@H]1CCC[C@H](n2cnc(-c3cc(Cl)ccc3-n3cc(Cl)nn3)cc2=O)c2cccc(c2)-c2c(Cl)cncc2NC1=O.O=C(O)C(F)(F)F. The summed E-state index contributed by atoms with van der Waals surface area (Å²) in [5.41, 5.74) is 4.37. The molecule has 0 unspecified atom stereocenters. The van der Waals surface area contributed by atoms with Gasteiger partial charge in [0, 0.05) is 34.3 Å². The van der Waals surface area contributed by atoms with E-state index in [1.807, 2.05) is 31.2 Å². The number of rotatable bonds is 3. The lowest BCUT2D eigenvalue weighted by molar-refractivity contribution is -0.192. The van der Waals surface area contributed by atoms with Crippen molar-refractivity contribution in [2.24, 2.45) is 5.92 Å². The number of hydrogen-bond donors (Lipinski definition) is 2. The predicted molar refractivity (Wildman–Crippen MR) is 177 cm³/mol. The highest BCUT2D eigenvalue weighted by atomic mass is 35.5. The molecule has 0 spiro atoms. The van der Waals surface area contributed by atoms with Gasteiger partial charge in [-0.15, -0.1) is 5.10 Å². The number of fused-ring (bicyclic) bond motifs is 4. The second kappa shape index (κ2) is 14.8. The summed E-state index contributed by atoms with van der Waals surface area (Å²) >= 11 is 18.9. The van der Waals surface area contributed by atoms with Gasteiger partial charge in [-0.2, -0.15) is 13.2 Å². The molecule has 2 N–H and O–H groups in total. The predicted octanol–water partition coefficient (Wildman–Crippen LogP) is 7.49. The lowest BCUT2D eigenvalue weighted by Crippen LogP contribution is -2.26. The van der Waals surface area contributed by atoms with Crippen LogP contribution >= 0.6 is 34.8 Å². The van der Waals surface area contributed by atoms with Gasteiger partial charge in [0.15, 0.2) is 5.15 Å². The van der Waals surface area contributed by atoms with Crippen LogP contribution in [0.4, 0.5) is 18.9 Å². The number of carbonyl (C=O) groups is 2. The summed E-state index contributed by atoms with van der Waals surface area (Å²) in [7, 11) is 0. The third kappa shape index (κ3) is 8.27. The van der Waals surface area contributed by atoms with Gasteiger partial charge in [0.25, 0.3) is 5.56 Å². The van der Waals surface area contributed by atoms with E-state index in [-0.39, 0.29) is 28.6 Å². The largest absolute Gasteiger partial charge is 0.490 e. The first-order valence-electron chi connectivity index (χ1n) is 14.5. The number of carboxylic acids is 1. The van der Waals surface area contributed by atoms with E-state index in [1.165, 1.54) is 10.7 Å². The van der Waals surface area contributed by atoms with Crippen molar-refractivity contribution in [2.45, 2.75) is 38.4 Å². The number of amides is 1. The van der Waals surface area contributed by atoms with Crippen LogP contribution in [0.2, 0.25) is 15.2 Å². The third-order valence-corrected chi connectivity index (χ3v) is 8.34. The van der Waals surface area contributed by atoms with E-state index in [9.17, 15) is 22.8 Å². The van der Waals surface area contributed by atoms with E-state index in [0.717, 1.165) is 11.1 Å². The Kier molecular flexibility index (Phi) is 10.7. The molecular weight excluding hydrogens is 710 g/mol. The number of hydrogen-bond acceptors (Lipinski definition) is 7. The number of anilines is 1. The number of carboxylic acid groups (broad SMARTS) is 1. The number of carbonyl (C=O) groups excluding carboxylic acids is 1. The number of nitrogens with zero attached hydrogens (tertiary/aromatic N) is 6. The monoisotopic (exact) mass is 733 g/mol. The quantitative estimate of drug-likeness (QED) is 0.194. The fourth-order valence-corrected chi connectivity index (χ4v) is 5.83. The Morgan fingerprint density at radius 1 is 1.04 bits per heavy atom. The van der Waals surface area contributed by atoms with Gasteiger partial charge in [-0.05, 0) is 48.2 Å². The number of halogens is 6. The summed E-state index contributed by atoms with van der Waals surface area (Å²) in [6, 6.07) is 14.2. The van der Waals surface area contributed by atoms with Crippen LogP contribution in [0.25, 0.3) is 28.1 Å². The number of aromatic nitrogens is 6. The zero-order valence-electron chi connectivity index (χ0n) is 25.3. The van der Waals surface area contributed by atoms with Crippen LogP contribution in [0.1, 0.15) is 37.8 Å². The molecule has 0 saturated heterocycles. The molecule has 2 aromatic carbocycles. The Hall–Kier alpha value is -4.79. The fraction of sp³-hybridized carbons (Fsp3) is 0.219. The van der Waals surface area contributed by atoms with Gasteiger partial charge in [-0.3, -0.25) is 19.1 Å². The highest BCUT2D eigenvalue weighted by Gasteiger charge is 2.38. The van der Waals surface area contributed by atoms with Gasteiger partial charge in [0.2, 0.25) is 5.91 Å². The Labute approximate surface area is 291 Å². The lowest BCUT2D eigenvalue weighted by atomic mass is 9.93. The maximum atomic E-state index is 13.7. The molecule has 2 atom stereocenters. The average Bonchev–Trinajstić information content (AvgIpc) is 3.48. The lowest BCUT2D eigenvalue weighted by Gasteiger charge is -2.24. The van der Waals surface area contributed by atoms with E-state index >= 15 is 0 Å². The first kappa shape index (κ1) is 35.5. The fourth-order valence-electron chi connectivity index (χ4n) is 5.26. The molecular formula is C32H25Cl3F3N7O4. The Morgan fingerprint density at radius 2 is 1.80 bits per heavy atom. The normalized spacial score (nSPS) is 16.3. The van der Waals surface area contributed by atoms with Crippen molar-refractivity contribution in [1.29, 1.82) is 0 Å². The highest BCUT2D eigenvalue weighted by molar-refractivity contribution is 6.34. The highest BCUT2D eigenvalue weighted by Crippen LogP contribution is 2.37. The molecule has 1 aliphatic heterocycles. The van der Waals surface area contributed by atoms with E-state index in [4.69, 9.17) is 44.7 Å². The molecule has 1 aliphatic rings. The van der Waals surface area contributed by atoms with Crippen molar-refractivity contribution in [3.8, 4) is 28.1 Å². The molecule has 3 aromatic heterocycles. The van der Waals surface area contributed by atoms with Crippen molar-refractivity contribution in [3.05, 3.63) is 105 Å². The molecule has 254 valence electrons. The zero-order chi connectivity index (χ0) is 35.5. The van der Waals surface area contributed by atoms with E-state index < -0.39 is 12.1 Å². The second-order valence-electron chi connectivity index (χ2n) is 11.0. The van der Waals surface area contributed by atoms with Crippen LogP contribution in [-0.2, 0) is 9.59 Å². The van der Waals surface area contributed by atoms with Crippen molar-refractivity contribution < 1.29 is 27.9 Å². The van der Waals surface area contributed by atoms with Crippen LogP contribution < -0.4 is 10.9 Å². The van der Waals surface area contributed by atoms with Crippen LogP contribution in [-0.4, -0.2) is 52.7 Å². The Bertz CT molecular complexity index is 2090. The van der Waals surface area contributed by atoms with E-state index in [2.05, 4.69) is 25.6 Å². The summed E-state index contributed by atoms with van der Waals surface area (Å²) in [5.74, 6) is -3.12. The van der Waals surface area contributed by atoms with E-state index in [0.29, 0.717) is 57.5 Å². The first-order chi connectivity index (χ1) is 23.2. The molecule has 0 radical (unpaired) electrons. The van der Waals surface area contributed by atoms with Crippen molar-refractivity contribution >= 4 is 52.4 Å². The minimum absolute atomic E-state index is 0.109. The maximum Gasteiger partial charge on any atom is 0.490 e. The number of aliphatic carboxylic acids is 1. The van der Waals surface area contributed by atoms with Gasteiger partial charge in [0.05, 0.1) is 46.9 Å². The smallest absolute Gasteiger partial charge is 0.475 e. The van der Waals surface area contributed by atoms with Crippen LogP contribution in [0.15, 0.2) is 78.2 Å². The average molecular weight is 735 g/mol. The second-order valence-corrected chi connectivity index (χ2v) is 12.2. The molecule has 5 aromatic rings. The van der Waals surface area contributed by atoms with E-state index in [1.54, 1.807) is 47.7 Å². The molecule has 2 bridgehead atoms. The Morgan fingerprint density at radius 3 is 2.47 bits per heavy atom. The molecule has 1 amide bonds. The maximum absolute atomic E-state index is 13.7. The molecule has 0 fully saturated rings. The van der Waals surface area contributed by atoms with Crippen LogP contribution in [0.3, 0.4) is 0 Å². The zero-order valence-corrected chi connectivity index (χ0v) is 27.6. The molecule has 11 nitrogen and oxygen atoms in total.